The summed E-state index contributed by atoms with van der Waals surface area (Å²) < 4.78 is 10.6. The molecule has 0 atom stereocenters. The van der Waals surface area contributed by atoms with Gasteiger partial charge in [0.1, 0.15) is 5.60 Å². The summed E-state index contributed by atoms with van der Waals surface area (Å²) in [4.78, 5) is 11.3. The smallest absolute Gasteiger partial charge is 0.308 e. The van der Waals surface area contributed by atoms with Crippen LogP contribution in [-0.2, 0) is 14.3 Å². The summed E-state index contributed by atoms with van der Waals surface area (Å²) in [6.07, 6.45) is 5.07. The van der Waals surface area contributed by atoms with E-state index < -0.39 is 5.60 Å². The Labute approximate surface area is 113 Å². The molecule has 17 heavy (non-hydrogen) atoms. The van der Waals surface area contributed by atoms with Crippen molar-refractivity contribution in [2.75, 3.05) is 18.5 Å². The highest BCUT2D eigenvalue weighted by molar-refractivity contribution is 9.09. The lowest BCUT2D eigenvalue weighted by molar-refractivity contribution is -0.156. The molecule has 0 saturated carbocycles. The molecule has 0 unspecified atom stereocenters. The van der Waals surface area contributed by atoms with Crippen LogP contribution in [0.5, 0.6) is 0 Å². The average Bonchev–Trinajstić information content (AvgIpc) is 2.19. The number of halogens is 1. The summed E-state index contributed by atoms with van der Waals surface area (Å²) in [5, 5.41) is 1.08. The number of hydrogen-bond acceptors (Lipinski definition) is 3. The molecule has 0 aromatic rings. The van der Waals surface area contributed by atoms with E-state index in [1.807, 2.05) is 20.8 Å². The van der Waals surface area contributed by atoms with Gasteiger partial charge in [-0.05, 0) is 33.6 Å². The van der Waals surface area contributed by atoms with Gasteiger partial charge in [0.25, 0.3) is 0 Å². The summed E-state index contributed by atoms with van der Waals surface area (Å²) in [6, 6.07) is 0. The van der Waals surface area contributed by atoms with Gasteiger partial charge in [-0.2, -0.15) is 0 Å². The van der Waals surface area contributed by atoms with Crippen molar-refractivity contribution in [1.82, 2.24) is 0 Å². The standard InChI is InChI=1S/C13H25BrO3/c1-13(2,3)17-12(15)8-11-16-10-7-5-4-6-9-14/h4-11H2,1-3H3. The van der Waals surface area contributed by atoms with Crippen LogP contribution >= 0.6 is 15.9 Å². The minimum atomic E-state index is -0.396. The maximum absolute atomic E-state index is 11.3. The second-order valence-electron chi connectivity index (χ2n) is 5.05. The summed E-state index contributed by atoms with van der Waals surface area (Å²) in [5.74, 6) is -0.184. The summed E-state index contributed by atoms with van der Waals surface area (Å²) in [5.41, 5.74) is -0.396. The second kappa shape index (κ2) is 9.89. The van der Waals surface area contributed by atoms with E-state index in [0.717, 1.165) is 18.4 Å². The molecule has 4 heteroatoms. The fraction of sp³-hybridized carbons (Fsp3) is 0.923. The van der Waals surface area contributed by atoms with Gasteiger partial charge in [-0.1, -0.05) is 28.8 Å². The zero-order valence-corrected chi connectivity index (χ0v) is 12.8. The Bertz CT molecular complexity index is 199. The van der Waals surface area contributed by atoms with E-state index in [-0.39, 0.29) is 5.97 Å². The Morgan fingerprint density at radius 2 is 1.71 bits per heavy atom. The van der Waals surface area contributed by atoms with Gasteiger partial charge < -0.3 is 9.47 Å². The van der Waals surface area contributed by atoms with Crippen molar-refractivity contribution >= 4 is 21.9 Å². The van der Waals surface area contributed by atoms with E-state index in [0.29, 0.717) is 13.0 Å². The third kappa shape index (κ3) is 13.8. The first-order valence-corrected chi connectivity index (χ1v) is 7.43. The molecule has 102 valence electrons. The molecule has 0 bridgehead atoms. The van der Waals surface area contributed by atoms with E-state index in [1.54, 1.807) is 0 Å². The van der Waals surface area contributed by atoms with Crippen molar-refractivity contribution in [3.05, 3.63) is 0 Å². The van der Waals surface area contributed by atoms with Crippen LogP contribution in [0.4, 0.5) is 0 Å². The monoisotopic (exact) mass is 308 g/mol. The molecule has 0 N–H and O–H groups in total. The van der Waals surface area contributed by atoms with Crippen molar-refractivity contribution in [2.45, 2.75) is 58.5 Å². The molecule has 0 rings (SSSR count). The Balaban J connectivity index is 3.25. The first-order chi connectivity index (χ1) is 7.95. The van der Waals surface area contributed by atoms with Crippen LogP contribution in [0.2, 0.25) is 0 Å². The molecule has 0 radical (unpaired) electrons. The number of carbonyl (C=O) groups is 1. The molecule has 3 nitrogen and oxygen atoms in total. The maximum Gasteiger partial charge on any atom is 0.308 e. The van der Waals surface area contributed by atoms with Gasteiger partial charge >= 0.3 is 5.97 Å². The van der Waals surface area contributed by atoms with Crippen LogP contribution in [0, 0.1) is 0 Å². The Morgan fingerprint density at radius 3 is 2.29 bits per heavy atom. The molecule has 0 aliphatic heterocycles. The molecule has 0 aromatic carbocycles. The van der Waals surface area contributed by atoms with Crippen LogP contribution < -0.4 is 0 Å². The van der Waals surface area contributed by atoms with Gasteiger partial charge in [0.05, 0.1) is 13.0 Å². The van der Waals surface area contributed by atoms with Gasteiger partial charge in [0.2, 0.25) is 0 Å². The number of alkyl halides is 1. The first kappa shape index (κ1) is 16.9. The van der Waals surface area contributed by atoms with Crippen LogP contribution in [0.3, 0.4) is 0 Å². The second-order valence-corrected chi connectivity index (χ2v) is 5.85. The molecular weight excluding hydrogens is 284 g/mol. The minimum absolute atomic E-state index is 0.184. The fourth-order valence-electron chi connectivity index (χ4n) is 1.30. The number of esters is 1. The molecule has 0 fully saturated rings. The van der Waals surface area contributed by atoms with Crippen LogP contribution in [0.15, 0.2) is 0 Å². The van der Waals surface area contributed by atoms with Crippen LogP contribution in [0.25, 0.3) is 0 Å². The van der Waals surface area contributed by atoms with E-state index in [1.165, 1.54) is 19.3 Å². The lowest BCUT2D eigenvalue weighted by Gasteiger charge is -2.19. The SMILES string of the molecule is CC(C)(C)OC(=O)CCOCCCCCCBr. The summed E-state index contributed by atoms with van der Waals surface area (Å²) >= 11 is 3.40. The first-order valence-electron chi connectivity index (χ1n) is 6.31. The van der Waals surface area contributed by atoms with Crippen molar-refractivity contribution in [1.29, 1.82) is 0 Å². The number of rotatable bonds is 9. The maximum atomic E-state index is 11.3. The van der Waals surface area contributed by atoms with Gasteiger partial charge in [-0.3, -0.25) is 4.79 Å². The highest BCUT2D eigenvalue weighted by atomic mass is 79.9. The summed E-state index contributed by atoms with van der Waals surface area (Å²) in [7, 11) is 0. The molecule has 0 aliphatic rings. The van der Waals surface area contributed by atoms with E-state index in [2.05, 4.69) is 15.9 Å². The predicted molar refractivity (Wildman–Crippen MR) is 73.5 cm³/mol. The third-order valence-corrected chi connectivity index (χ3v) is 2.60. The highest BCUT2D eigenvalue weighted by Gasteiger charge is 2.15. The molecule has 0 aliphatic carbocycles. The topological polar surface area (TPSA) is 35.5 Å². The largest absolute Gasteiger partial charge is 0.460 e. The van der Waals surface area contributed by atoms with Gasteiger partial charge in [0.15, 0.2) is 0 Å². The molecular formula is C13H25BrO3. The van der Waals surface area contributed by atoms with Crippen molar-refractivity contribution < 1.29 is 14.3 Å². The van der Waals surface area contributed by atoms with Gasteiger partial charge in [-0.25, -0.2) is 0 Å². The van der Waals surface area contributed by atoms with Crippen LogP contribution in [-0.4, -0.2) is 30.1 Å². The minimum Gasteiger partial charge on any atom is -0.460 e. The van der Waals surface area contributed by atoms with Crippen LogP contribution in [0.1, 0.15) is 52.9 Å². The zero-order chi connectivity index (χ0) is 13.1. The number of unbranched alkanes of at least 4 members (excludes halogenated alkanes) is 3. The Kier molecular flexibility index (Phi) is 9.84. The van der Waals surface area contributed by atoms with Gasteiger partial charge in [-0.15, -0.1) is 0 Å². The van der Waals surface area contributed by atoms with Crippen molar-refractivity contribution in [2.24, 2.45) is 0 Å². The molecule has 0 heterocycles. The number of carbonyl (C=O) groups excluding carboxylic acids is 1. The molecule has 0 spiro atoms. The lowest BCUT2D eigenvalue weighted by Crippen LogP contribution is -2.24. The fourth-order valence-corrected chi connectivity index (χ4v) is 1.70. The Morgan fingerprint density at radius 1 is 1.06 bits per heavy atom. The van der Waals surface area contributed by atoms with Crippen molar-refractivity contribution in [3.8, 4) is 0 Å². The molecule has 0 amide bonds. The highest BCUT2D eigenvalue weighted by Crippen LogP contribution is 2.08. The van der Waals surface area contributed by atoms with Gasteiger partial charge in [0, 0.05) is 11.9 Å². The lowest BCUT2D eigenvalue weighted by atomic mass is 10.2. The van der Waals surface area contributed by atoms with E-state index in [4.69, 9.17) is 9.47 Å². The Hall–Kier alpha value is -0.0900. The number of hydrogen-bond donors (Lipinski definition) is 0. The van der Waals surface area contributed by atoms with Crippen molar-refractivity contribution in [3.63, 3.8) is 0 Å². The van der Waals surface area contributed by atoms with E-state index >= 15 is 0 Å². The average molecular weight is 309 g/mol. The quantitative estimate of drug-likeness (QED) is 0.370. The summed E-state index contributed by atoms with van der Waals surface area (Å²) in [6.45, 7) is 6.82. The normalized spacial score (nSPS) is 11.5. The molecule has 0 saturated heterocycles. The number of ether oxygens (including phenoxy) is 2. The predicted octanol–water partition coefficient (Wildman–Crippen LogP) is 3.69. The van der Waals surface area contributed by atoms with E-state index in [9.17, 15) is 4.79 Å². The molecule has 0 aromatic heterocycles. The zero-order valence-electron chi connectivity index (χ0n) is 11.3. The third-order valence-electron chi connectivity index (χ3n) is 2.04.